The molecular formula is C22H28ClN3O2. The molecule has 0 atom stereocenters. The molecule has 2 amide bonds. The van der Waals surface area contributed by atoms with E-state index in [0.29, 0.717) is 17.0 Å². The zero-order valence-corrected chi connectivity index (χ0v) is 17.4. The molecule has 0 aliphatic rings. The number of nitrogens with two attached hydrogens (primary N) is 1. The first-order valence-electron chi connectivity index (χ1n) is 9.27. The number of halogens is 1. The first-order chi connectivity index (χ1) is 12.9. The van der Waals surface area contributed by atoms with Crippen LogP contribution in [0, 0.1) is 5.41 Å². The number of amides is 2. The van der Waals surface area contributed by atoms with Gasteiger partial charge in [-0.05, 0) is 54.2 Å². The molecule has 0 saturated carbocycles. The third kappa shape index (κ3) is 5.42. The number of carbonyl (C=O) groups is 2. The smallest absolute Gasteiger partial charge is 0.267 e. The van der Waals surface area contributed by atoms with Crippen molar-refractivity contribution in [3.63, 3.8) is 0 Å². The van der Waals surface area contributed by atoms with Gasteiger partial charge in [0.15, 0.2) is 0 Å². The number of imide groups is 1. The first kappa shape index (κ1) is 23.4. The minimum atomic E-state index is -0.601. The van der Waals surface area contributed by atoms with Crippen molar-refractivity contribution in [2.24, 2.45) is 5.73 Å². The second kappa shape index (κ2) is 10.6. The summed E-state index contributed by atoms with van der Waals surface area (Å²) in [5.74, 6) is -1.42. The summed E-state index contributed by atoms with van der Waals surface area (Å²) in [6.45, 7) is 6.36. The van der Waals surface area contributed by atoms with Crippen molar-refractivity contribution in [2.75, 3.05) is 0 Å². The molecule has 0 heterocycles. The second-order valence-corrected chi connectivity index (χ2v) is 6.87. The SMILES string of the molecule is CCCCc1cc(C(=O)N(C(=N)N)C(=O)c2ccccc2)ccc1C(C)C.Cl. The van der Waals surface area contributed by atoms with Gasteiger partial charge in [0.2, 0.25) is 5.96 Å². The average molecular weight is 402 g/mol. The number of hydrogen-bond donors (Lipinski definition) is 2. The van der Waals surface area contributed by atoms with Crippen LogP contribution in [0.5, 0.6) is 0 Å². The maximum atomic E-state index is 13.0. The summed E-state index contributed by atoms with van der Waals surface area (Å²) in [5.41, 5.74) is 8.56. The molecular weight excluding hydrogens is 374 g/mol. The van der Waals surface area contributed by atoms with Crippen molar-refractivity contribution in [2.45, 2.75) is 46.0 Å². The molecule has 0 bridgehead atoms. The van der Waals surface area contributed by atoms with E-state index in [-0.39, 0.29) is 12.4 Å². The molecule has 6 heteroatoms. The maximum Gasteiger partial charge on any atom is 0.267 e. The predicted octanol–water partition coefficient (Wildman–Crippen LogP) is 4.75. The van der Waals surface area contributed by atoms with E-state index >= 15 is 0 Å². The minimum Gasteiger partial charge on any atom is -0.369 e. The Kier molecular flexibility index (Phi) is 8.86. The van der Waals surface area contributed by atoms with Gasteiger partial charge in [0.05, 0.1) is 0 Å². The quantitative estimate of drug-likeness (QED) is 0.416. The van der Waals surface area contributed by atoms with Crippen LogP contribution in [-0.2, 0) is 6.42 Å². The zero-order chi connectivity index (χ0) is 20.0. The van der Waals surface area contributed by atoms with Gasteiger partial charge < -0.3 is 5.73 Å². The third-order valence-electron chi connectivity index (χ3n) is 4.48. The van der Waals surface area contributed by atoms with Gasteiger partial charge >= 0.3 is 0 Å². The lowest BCUT2D eigenvalue weighted by atomic mass is 9.92. The Labute approximate surface area is 172 Å². The first-order valence-corrected chi connectivity index (χ1v) is 9.27. The van der Waals surface area contributed by atoms with E-state index in [1.165, 1.54) is 5.56 Å². The highest BCUT2D eigenvalue weighted by molar-refractivity contribution is 6.20. The van der Waals surface area contributed by atoms with Crippen LogP contribution in [0.15, 0.2) is 48.5 Å². The highest BCUT2D eigenvalue weighted by Gasteiger charge is 2.27. The Bertz CT molecular complexity index is 835. The number of nitrogens with zero attached hydrogens (tertiary/aromatic N) is 1. The lowest BCUT2D eigenvalue weighted by Gasteiger charge is -2.20. The summed E-state index contributed by atoms with van der Waals surface area (Å²) in [7, 11) is 0. The van der Waals surface area contributed by atoms with Crippen molar-refractivity contribution < 1.29 is 9.59 Å². The Morgan fingerprint density at radius 1 is 1.04 bits per heavy atom. The number of guanidine groups is 1. The highest BCUT2D eigenvalue weighted by Crippen LogP contribution is 2.23. The molecule has 0 radical (unpaired) electrons. The van der Waals surface area contributed by atoms with E-state index in [1.807, 2.05) is 12.1 Å². The lowest BCUT2D eigenvalue weighted by molar-refractivity contribution is 0.0711. The van der Waals surface area contributed by atoms with Crippen LogP contribution < -0.4 is 5.73 Å². The molecule has 28 heavy (non-hydrogen) atoms. The predicted molar refractivity (Wildman–Crippen MR) is 115 cm³/mol. The highest BCUT2D eigenvalue weighted by atomic mass is 35.5. The van der Waals surface area contributed by atoms with Crippen molar-refractivity contribution in [1.29, 1.82) is 5.41 Å². The van der Waals surface area contributed by atoms with E-state index in [2.05, 4.69) is 20.8 Å². The van der Waals surface area contributed by atoms with E-state index < -0.39 is 17.8 Å². The van der Waals surface area contributed by atoms with E-state index in [1.54, 1.807) is 36.4 Å². The van der Waals surface area contributed by atoms with Crippen LogP contribution in [0.2, 0.25) is 0 Å². The minimum absolute atomic E-state index is 0. The average Bonchev–Trinajstić information content (AvgIpc) is 2.66. The molecule has 0 aliphatic carbocycles. The molecule has 0 saturated heterocycles. The molecule has 2 rings (SSSR count). The van der Waals surface area contributed by atoms with Crippen LogP contribution in [-0.4, -0.2) is 22.7 Å². The van der Waals surface area contributed by atoms with Gasteiger partial charge in [-0.15, -0.1) is 12.4 Å². The fourth-order valence-electron chi connectivity index (χ4n) is 3.04. The van der Waals surface area contributed by atoms with Crippen LogP contribution in [0.25, 0.3) is 0 Å². The Morgan fingerprint density at radius 3 is 2.18 bits per heavy atom. The van der Waals surface area contributed by atoms with Crippen molar-refractivity contribution in [1.82, 2.24) is 4.90 Å². The molecule has 3 N–H and O–H groups in total. The third-order valence-corrected chi connectivity index (χ3v) is 4.48. The summed E-state index contributed by atoms with van der Waals surface area (Å²) in [5, 5.41) is 7.75. The summed E-state index contributed by atoms with van der Waals surface area (Å²) in [4.78, 5) is 26.4. The van der Waals surface area contributed by atoms with Gasteiger partial charge in [0.25, 0.3) is 11.8 Å². The van der Waals surface area contributed by atoms with E-state index in [9.17, 15) is 9.59 Å². The maximum absolute atomic E-state index is 13.0. The number of carbonyl (C=O) groups excluding carboxylic acids is 2. The van der Waals surface area contributed by atoms with Crippen molar-refractivity contribution in [3.05, 3.63) is 70.8 Å². The standard InChI is InChI=1S/C22H27N3O2.ClH/c1-4-5-9-17-14-18(12-13-19(17)15(2)3)21(27)25(22(23)24)20(26)16-10-7-6-8-11-16;/h6-8,10-15H,4-5,9H2,1-3H3,(H3,23,24);1H. The number of unbranched alkanes of at least 4 members (excludes halogenated alkanes) is 1. The molecule has 0 spiro atoms. The molecule has 5 nitrogen and oxygen atoms in total. The van der Waals surface area contributed by atoms with Crippen LogP contribution in [0.1, 0.15) is 71.4 Å². The summed E-state index contributed by atoms with van der Waals surface area (Å²) in [6, 6.07) is 13.9. The van der Waals surface area contributed by atoms with Crippen molar-refractivity contribution >= 4 is 30.2 Å². The number of aryl methyl sites for hydroxylation is 1. The monoisotopic (exact) mass is 401 g/mol. The summed E-state index contributed by atoms with van der Waals surface area (Å²) < 4.78 is 0. The molecule has 0 fully saturated rings. The normalized spacial score (nSPS) is 10.3. The molecule has 150 valence electrons. The largest absolute Gasteiger partial charge is 0.369 e. The van der Waals surface area contributed by atoms with E-state index in [0.717, 1.165) is 29.7 Å². The van der Waals surface area contributed by atoms with Crippen LogP contribution in [0.4, 0.5) is 0 Å². The van der Waals surface area contributed by atoms with Crippen LogP contribution >= 0.6 is 12.4 Å². The number of nitrogens with one attached hydrogen (secondary N) is 1. The number of hydrogen-bond acceptors (Lipinski definition) is 3. The van der Waals surface area contributed by atoms with E-state index in [4.69, 9.17) is 11.1 Å². The van der Waals surface area contributed by atoms with Gasteiger partial charge in [0, 0.05) is 11.1 Å². The Balaban J connectivity index is 0.00000392. The van der Waals surface area contributed by atoms with Gasteiger partial charge in [-0.25, -0.2) is 4.90 Å². The Morgan fingerprint density at radius 2 is 1.64 bits per heavy atom. The number of rotatable bonds is 6. The van der Waals surface area contributed by atoms with Gasteiger partial charge in [-0.3, -0.25) is 15.0 Å². The van der Waals surface area contributed by atoms with Gasteiger partial charge in [0.1, 0.15) is 0 Å². The van der Waals surface area contributed by atoms with Gasteiger partial charge in [-0.2, -0.15) is 0 Å². The van der Waals surface area contributed by atoms with Gasteiger partial charge in [-0.1, -0.05) is 51.5 Å². The van der Waals surface area contributed by atoms with Crippen molar-refractivity contribution in [3.8, 4) is 0 Å². The fourth-order valence-corrected chi connectivity index (χ4v) is 3.04. The topological polar surface area (TPSA) is 87.2 Å². The van der Waals surface area contributed by atoms with Crippen LogP contribution in [0.3, 0.4) is 0 Å². The Hall–Kier alpha value is -2.66. The zero-order valence-electron chi connectivity index (χ0n) is 16.6. The second-order valence-electron chi connectivity index (χ2n) is 6.87. The molecule has 0 aliphatic heterocycles. The number of benzene rings is 2. The molecule has 0 unspecified atom stereocenters. The summed E-state index contributed by atoms with van der Waals surface area (Å²) >= 11 is 0. The lowest BCUT2D eigenvalue weighted by Crippen LogP contribution is -2.45. The molecule has 2 aromatic carbocycles. The molecule has 2 aromatic rings. The molecule has 0 aromatic heterocycles. The summed E-state index contributed by atoms with van der Waals surface area (Å²) in [6.07, 6.45) is 2.95. The fraction of sp³-hybridized carbons (Fsp3) is 0.318.